The Morgan fingerprint density at radius 3 is 2.50 bits per heavy atom. The van der Waals surface area contributed by atoms with Gasteiger partial charge in [-0.15, -0.1) is 0 Å². The Kier molecular flexibility index (Phi) is 5.51. The molecule has 0 fully saturated rings. The van der Waals surface area contributed by atoms with Crippen molar-refractivity contribution in [3.8, 4) is 11.8 Å². The number of nitrogens with one attached hydrogen (secondary N) is 1. The lowest BCUT2D eigenvalue weighted by molar-refractivity contribution is -0.141. The molecule has 1 atom stereocenters. The number of rotatable bonds is 3. The van der Waals surface area contributed by atoms with Crippen molar-refractivity contribution in [3.05, 3.63) is 35.1 Å². The Bertz CT molecular complexity index is 644. The lowest BCUT2D eigenvalue weighted by Gasteiger charge is -2.09. The van der Waals surface area contributed by atoms with Gasteiger partial charge in [0.15, 0.2) is 0 Å². The van der Waals surface area contributed by atoms with Crippen LogP contribution in [0.25, 0.3) is 0 Å². The molecule has 1 aromatic rings. The van der Waals surface area contributed by atoms with Gasteiger partial charge in [-0.25, -0.2) is 9.18 Å². The van der Waals surface area contributed by atoms with Crippen LogP contribution < -0.4 is 5.32 Å². The van der Waals surface area contributed by atoms with Crippen LogP contribution in [0.3, 0.4) is 0 Å². The molecule has 0 heterocycles. The number of amides is 1. The number of aliphatic carboxylic acids is 1. The molecule has 1 rings (SSSR count). The van der Waals surface area contributed by atoms with E-state index in [0.29, 0.717) is 12.1 Å². The van der Waals surface area contributed by atoms with E-state index in [4.69, 9.17) is 5.11 Å². The predicted octanol–water partition coefficient (Wildman–Crippen LogP) is 2.18. The lowest BCUT2D eigenvalue weighted by Crippen LogP contribution is -2.39. The highest BCUT2D eigenvalue weighted by atomic mass is 19.4. The van der Waals surface area contributed by atoms with E-state index in [0.717, 1.165) is 13.0 Å². The first-order valence-electron chi connectivity index (χ1n) is 5.96. The van der Waals surface area contributed by atoms with Crippen LogP contribution in [0.15, 0.2) is 18.2 Å². The smallest absolute Gasteiger partial charge is 0.419 e. The van der Waals surface area contributed by atoms with Gasteiger partial charge in [-0.1, -0.05) is 11.8 Å². The summed E-state index contributed by atoms with van der Waals surface area (Å²) in [5.41, 5.74) is -1.56. The average Bonchev–Trinajstić information content (AvgIpc) is 2.37. The van der Waals surface area contributed by atoms with E-state index >= 15 is 0 Å². The normalized spacial score (nSPS) is 12.0. The third-order valence-corrected chi connectivity index (χ3v) is 2.49. The molecule has 4 nitrogen and oxygen atoms in total. The van der Waals surface area contributed by atoms with Crippen molar-refractivity contribution in [1.29, 1.82) is 0 Å². The second-order valence-electron chi connectivity index (χ2n) is 4.29. The van der Waals surface area contributed by atoms with Crippen LogP contribution in [0.1, 0.15) is 24.5 Å². The standard InChI is InChI=1S/C14H11F4NO3/c1-8(20)19-12(13(21)22)4-2-3-9-5-6-11(15)10(7-9)14(16,17)18/h5-7,12H,4H2,1H3,(H,19,20)(H,21,22)/t12-/m0/s1. The Balaban J connectivity index is 2.92. The molecule has 0 saturated carbocycles. The molecule has 0 bridgehead atoms. The topological polar surface area (TPSA) is 66.4 Å². The van der Waals surface area contributed by atoms with E-state index in [2.05, 4.69) is 17.2 Å². The number of carbonyl (C=O) groups excluding carboxylic acids is 1. The number of benzene rings is 1. The summed E-state index contributed by atoms with van der Waals surface area (Å²) in [7, 11) is 0. The second-order valence-corrected chi connectivity index (χ2v) is 4.29. The minimum Gasteiger partial charge on any atom is -0.480 e. The molecule has 0 spiro atoms. The maximum Gasteiger partial charge on any atom is 0.419 e. The summed E-state index contributed by atoms with van der Waals surface area (Å²) >= 11 is 0. The Labute approximate surface area is 123 Å². The van der Waals surface area contributed by atoms with Crippen molar-refractivity contribution in [2.24, 2.45) is 0 Å². The molecule has 0 aliphatic carbocycles. The van der Waals surface area contributed by atoms with E-state index in [1.54, 1.807) is 0 Å². The van der Waals surface area contributed by atoms with Gasteiger partial charge in [0.25, 0.3) is 0 Å². The summed E-state index contributed by atoms with van der Waals surface area (Å²) in [6, 6.07) is 0.949. The third kappa shape index (κ3) is 5.09. The van der Waals surface area contributed by atoms with Crippen molar-refractivity contribution in [2.75, 3.05) is 0 Å². The second kappa shape index (κ2) is 6.93. The van der Waals surface area contributed by atoms with Crippen LogP contribution in [0, 0.1) is 17.7 Å². The van der Waals surface area contributed by atoms with E-state index in [1.807, 2.05) is 0 Å². The van der Waals surface area contributed by atoms with Gasteiger partial charge in [-0.05, 0) is 18.2 Å². The average molecular weight is 317 g/mol. The van der Waals surface area contributed by atoms with E-state index in [9.17, 15) is 27.2 Å². The van der Waals surface area contributed by atoms with Crippen LogP contribution in [0.5, 0.6) is 0 Å². The number of carboxylic acid groups (broad SMARTS) is 1. The molecule has 0 saturated heterocycles. The van der Waals surface area contributed by atoms with Crippen molar-refractivity contribution < 1.29 is 32.3 Å². The highest BCUT2D eigenvalue weighted by molar-refractivity contribution is 5.82. The molecule has 0 aliphatic rings. The number of halogens is 4. The maximum atomic E-state index is 13.1. The van der Waals surface area contributed by atoms with Gasteiger partial charge in [0.05, 0.1) is 5.56 Å². The Morgan fingerprint density at radius 1 is 1.36 bits per heavy atom. The molecule has 0 radical (unpaired) electrons. The van der Waals surface area contributed by atoms with Gasteiger partial charge in [-0.2, -0.15) is 13.2 Å². The van der Waals surface area contributed by atoms with E-state index < -0.39 is 35.5 Å². The number of carboxylic acids is 1. The fraction of sp³-hybridized carbons (Fsp3) is 0.286. The zero-order valence-corrected chi connectivity index (χ0v) is 11.3. The van der Waals surface area contributed by atoms with Gasteiger partial charge in [-0.3, -0.25) is 4.79 Å². The van der Waals surface area contributed by atoms with Crippen molar-refractivity contribution in [3.63, 3.8) is 0 Å². The SMILES string of the molecule is CC(=O)N[C@@H](CC#Cc1ccc(F)c(C(F)(F)F)c1)C(=O)O. The summed E-state index contributed by atoms with van der Waals surface area (Å²) in [4.78, 5) is 21.6. The molecule has 0 aliphatic heterocycles. The van der Waals surface area contributed by atoms with Gasteiger partial charge in [0, 0.05) is 18.9 Å². The molecule has 8 heteroatoms. The monoisotopic (exact) mass is 317 g/mol. The van der Waals surface area contributed by atoms with Crippen molar-refractivity contribution in [2.45, 2.75) is 25.6 Å². The maximum absolute atomic E-state index is 13.1. The molecule has 2 N–H and O–H groups in total. The van der Waals surface area contributed by atoms with Crippen LogP contribution in [-0.4, -0.2) is 23.0 Å². The Morgan fingerprint density at radius 2 is 2.00 bits per heavy atom. The molecule has 22 heavy (non-hydrogen) atoms. The molecular formula is C14H11F4NO3. The quantitative estimate of drug-likeness (QED) is 0.663. The summed E-state index contributed by atoms with van der Waals surface area (Å²) in [5, 5.41) is 11.0. The molecular weight excluding hydrogens is 306 g/mol. The zero-order valence-electron chi connectivity index (χ0n) is 11.3. The first-order chi connectivity index (χ1) is 10.1. The summed E-state index contributed by atoms with van der Waals surface area (Å²) in [6.45, 7) is 1.12. The predicted molar refractivity (Wildman–Crippen MR) is 68.1 cm³/mol. The molecule has 1 amide bonds. The van der Waals surface area contributed by atoms with Gasteiger partial charge >= 0.3 is 12.1 Å². The van der Waals surface area contributed by atoms with Crippen LogP contribution in [0.4, 0.5) is 17.6 Å². The van der Waals surface area contributed by atoms with Crippen LogP contribution in [-0.2, 0) is 15.8 Å². The zero-order chi connectivity index (χ0) is 16.9. The van der Waals surface area contributed by atoms with Crippen LogP contribution in [0.2, 0.25) is 0 Å². The summed E-state index contributed by atoms with van der Waals surface area (Å²) in [5.74, 6) is 1.35. The number of alkyl halides is 3. The highest BCUT2D eigenvalue weighted by Gasteiger charge is 2.34. The van der Waals surface area contributed by atoms with Crippen LogP contribution >= 0.6 is 0 Å². The molecule has 0 aromatic heterocycles. The Hall–Kier alpha value is -2.56. The van der Waals surface area contributed by atoms with Gasteiger partial charge in [0.2, 0.25) is 5.91 Å². The molecule has 1 aromatic carbocycles. The van der Waals surface area contributed by atoms with E-state index in [1.165, 1.54) is 0 Å². The van der Waals surface area contributed by atoms with Crippen molar-refractivity contribution >= 4 is 11.9 Å². The fourth-order valence-electron chi connectivity index (χ4n) is 1.52. The lowest BCUT2D eigenvalue weighted by atomic mass is 10.1. The molecule has 118 valence electrons. The first-order valence-corrected chi connectivity index (χ1v) is 5.96. The van der Waals surface area contributed by atoms with Crippen molar-refractivity contribution in [1.82, 2.24) is 5.32 Å². The van der Waals surface area contributed by atoms with E-state index in [-0.39, 0.29) is 12.0 Å². The number of hydrogen-bond donors (Lipinski definition) is 2. The fourth-order valence-corrected chi connectivity index (χ4v) is 1.52. The largest absolute Gasteiger partial charge is 0.480 e. The minimum absolute atomic E-state index is 0.110. The summed E-state index contributed by atoms with van der Waals surface area (Å²) in [6.07, 6.45) is -5.14. The first kappa shape index (κ1) is 17.5. The van der Waals surface area contributed by atoms with Gasteiger partial charge < -0.3 is 10.4 Å². The number of hydrogen-bond acceptors (Lipinski definition) is 2. The van der Waals surface area contributed by atoms with Gasteiger partial charge in [0.1, 0.15) is 11.9 Å². The summed E-state index contributed by atoms with van der Waals surface area (Å²) < 4.78 is 50.6. The molecule has 0 unspecified atom stereocenters. The third-order valence-electron chi connectivity index (χ3n) is 2.49. The highest BCUT2D eigenvalue weighted by Crippen LogP contribution is 2.31. The minimum atomic E-state index is -4.85. The number of carbonyl (C=O) groups is 2.